The molecule has 0 unspecified atom stereocenters. The third kappa shape index (κ3) is 2.00. The summed E-state index contributed by atoms with van der Waals surface area (Å²) in [6, 6.07) is 3.90. The van der Waals surface area contributed by atoms with Gasteiger partial charge in [0, 0.05) is 12.4 Å². The lowest BCUT2D eigenvalue weighted by molar-refractivity contribution is 0.948. The molecule has 0 aliphatic heterocycles. The van der Waals surface area contributed by atoms with Gasteiger partial charge in [-0.05, 0) is 11.4 Å². The number of nitrogens with one attached hydrogen (secondary N) is 1. The van der Waals surface area contributed by atoms with Crippen LogP contribution in [0.1, 0.15) is 10.7 Å². The van der Waals surface area contributed by atoms with Crippen LogP contribution >= 0.6 is 11.3 Å². The number of nitrogens with two attached hydrogens (primary N) is 1. The monoisotopic (exact) mass is 206 g/mol. The maximum Gasteiger partial charge on any atom is 0.136 e. The number of aromatic nitrogens is 2. The van der Waals surface area contributed by atoms with Crippen molar-refractivity contribution in [2.24, 2.45) is 10.7 Å². The van der Waals surface area contributed by atoms with Gasteiger partial charge in [0.25, 0.3) is 0 Å². The van der Waals surface area contributed by atoms with Crippen molar-refractivity contribution in [1.29, 1.82) is 0 Å². The summed E-state index contributed by atoms with van der Waals surface area (Å²) in [5.74, 6) is 1.39. The van der Waals surface area contributed by atoms with Gasteiger partial charge in [-0.15, -0.1) is 11.3 Å². The molecule has 0 aliphatic rings. The van der Waals surface area contributed by atoms with Gasteiger partial charge in [0.1, 0.15) is 11.7 Å². The normalized spacial score (nSPS) is 11.9. The van der Waals surface area contributed by atoms with E-state index in [1.54, 1.807) is 23.7 Å². The van der Waals surface area contributed by atoms with Crippen LogP contribution in [0.4, 0.5) is 0 Å². The van der Waals surface area contributed by atoms with Gasteiger partial charge in [-0.3, -0.25) is 4.99 Å². The summed E-state index contributed by atoms with van der Waals surface area (Å²) in [7, 11) is 0. The first-order valence-electron chi connectivity index (χ1n) is 4.18. The summed E-state index contributed by atoms with van der Waals surface area (Å²) in [6.45, 7) is 0.497. The van der Waals surface area contributed by atoms with Gasteiger partial charge in [-0.25, -0.2) is 4.98 Å². The highest BCUT2D eigenvalue weighted by Gasteiger charge is 1.98. The summed E-state index contributed by atoms with van der Waals surface area (Å²) in [5.41, 5.74) is 5.77. The van der Waals surface area contributed by atoms with Gasteiger partial charge in [0.05, 0.1) is 11.4 Å². The molecule has 4 nitrogen and oxygen atoms in total. The van der Waals surface area contributed by atoms with Crippen molar-refractivity contribution in [3.05, 3.63) is 40.6 Å². The van der Waals surface area contributed by atoms with Gasteiger partial charge in [-0.1, -0.05) is 6.07 Å². The zero-order valence-electron chi connectivity index (χ0n) is 7.47. The van der Waals surface area contributed by atoms with Crippen LogP contribution in [0.25, 0.3) is 0 Å². The third-order valence-corrected chi connectivity index (χ3v) is 2.62. The Hall–Kier alpha value is -1.62. The number of hydrogen-bond acceptors (Lipinski definition) is 3. The van der Waals surface area contributed by atoms with Crippen molar-refractivity contribution in [2.45, 2.75) is 6.54 Å². The van der Waals surface area contributed by atoms with Gasteiger partial charge in [0.2, 0.25) is 0 Å². The van der Waals surface area contributed by atoms with E-state index >= 15 is 0 Å². The SMILES string of the molecule is NC(=NCc1ncc[nH]1)c1cccs1. The number of amidine groups is 1. The second-order valence-corrected chi connectivity index (χ2v) is 3.66. The maximum absolute atomic E-state index is 5.77. The van der Waals surface area contributed by atoms with E-state index in [9.17, 15) is 0 Å². The predicted molar refractivity (Wildman–Crippen MR) is 57.3 cm³/mol. The Morgan fingerprint density at radius 1 is 1.64 bits per heavy atom. The Bertz CT molecular complexity index is 402. The van der Waals surface area contributed by atoms with Crippen molar-refractivity contribution in [3.8, 4) is 0 Å². The fourth-order valence-electron chi connectivity index (χ4n) is 1.05. The molecule has 0 fully saturated rings. The smallest absolute Gasteiger partial charge is 0.136 e. The summed E-state index contributed by atoms with van der Waals surface area (Å²) in [5, 5.41) is 1.98. The zero-order chi connectivity index (χ0) is 9.80. The Morgan fingerprint density at radius 2 is 2.57 bits per heavy atom. The molecule has 0 aromatic carbocycles. The molecule has 2 aromatic heterocycles. The van der Waals surface area contributed by atoms with Gasteiger partial charge >= 0.3 is 0 Å². The average molecular weight is 206 g/mol. The largest absolute Gasteiger partial charge is 0.383 e. The van der Waals surface area contributed by atoms with Gasteiger partial charge in [-0.2, -0.15) is 0 Å². The number of nitrogens with zero attached hydrogens (tertiary/aromatic N) is 2. The molecule has 0 saturated carbocycles. The summed E-state index contributed by atoms with van der Waals surface area (Å²) in [4.78, 5) is 12.2. The van der Waals surface area contributed by atoms with E-state index in [0.717, 1.165) is 10.7 Å². The second-order valence-electron chi connectivity index (χ2n) is 2.71. The number of imidazole rings is 1. The van der Waals surface area contributed by atoms with Crippen LogP contribution in [0.5, 0.6) is 0 Å². The molecule has 0 spiro atoms. The first kappa shape index (κ1) is 8.96. The molecular formula is C9H10N4S. The van der Waals surface area contributed by atoms with Crippen LogP contribution in [0.15, 0.2) is 34.9 Å². The van der Waals surface area contributed by atoms with Crippen LogP contribution < -0.4 is 5.73 Å². The number of thiophene rings is 1. The molecule has 14 heavy (non-hydrogen) atoms. The first-order chi connectivity index (χ1) is 6.86. The molecule has 0 bridgehead atoms. The number of aliphatic imine (C=N–C) groups is 1. The highest BCUT2D eigenvalue weighted by Crippen LogP contribution is 2.07. The van der Waals surface area contributed by atoms with E-state index in [-0.39, 0.29) is 0 Å². The van der Waals surface area contributed by atoms with Gasteiger partial charge < -0.3 is 10.7 Å². The minimum atomic E-state index is 0.497. The highest BCUT2D eigenvalue weighted by atomic mass is 32.1. The summed E-state index contributed by atoms with van der Waals surface area (Å²) >= 11 is 1.58. The molecule has 2 heterocycles. The highest BCUT2D eigenvalue weighted by molar-refractivity contribution is 7.12. The second kappa shape index (κ2) is 4.06. The minimum absolute atomic E-state index is 0.497. The van der Waals surface area contributed by atoms with Crippen LogP contribution in [0, 0.1) is 0 Å². The Labute approximate surface area is 85.5 Å². The van der Waals surface area contributed by atoms with Crippen molar-refractivity contribution < 1.29 is 0 Å². The average Bonchev–Trinajstić information content (AvgIpc) is 2.87. The van der Waals surface area contributed by atoms with Crippen LogP contribution in [0.3, 0.4) is 0 Å². The van der Waals surface area contributed by atoms with Gasteiger partial charge in [0.15, 0.2) is 0 Å². The lowest BCUT2D eigenvalue weighted by atomic mass is 10.4. The quantitative estimate of drug-likeness (QED) is 0.588. The Balaban J connectivity index is 2.05. The van der Waals surface area contributed by atoms with Crippen molar-refractivity contribution in [1.82, 2.24) is 9.97 Å². The van der Waals surface area contributed by atoms with Crippen molar-refractivity contribution in [2.75, 3.05) is 0 Å². The molecule has 2 aromatic rings. The molecule has 3 N–H and O–H groups in total. The molecule has 0 saturated heterocycles. The molecule has 2 rings (SSSR count). The predicted octanol–water partition coefficient (Wildman–Crippen LogP) is 1.38. The zero-order valence-corrected chi connectivity index (χ0v) is 8.29. The first-order valence-corrected chi connectivity index (χ1v) is 5.06. The fourth-order valence-corrected chi connectivity index (χ4v) is 1.69. The summed E-state index contributed by atoms with van der Waals surface area (Å²) < 4.78 is 0. The Kier molecular flexibility index (Phi) is 2.60. The maximum atomic E-state index is 5.77. The number of hydrogen-bond donors (Lipinski definition) is 2. The topological polar surface area (TPSA) is 67.1 Å². The van der Waals surface area contributed by atoms with E-state index in [1.807, 2.05) is 17.5 Å². The molecular weight excluding hydrogens is 196 g/mol. The van der Waals surface area contributed by atoms with E-state index in [1.165, 1.54) is 0 Å². The lowest BCUT2D eigenvalue weighted by Gasteiger charge is -1.95. The molecule has 5 heteroatoms. The van der Waals surface area contributed by atoms with E-state index in [0.29, 0.717) is 12.4 Å². The Morgan fingerprint density at radius 3 is 3.21 bits per heavy atom. The van der Waals surface area contributed by atoms with Crippen LogP contribution in [-0.4, -0.2) is 15.8 Å². The minimum Gasteiger partial charge on any atom is -0.383 e. The lowest BCUT2D eigenvalue weighted by Crippen LogP contribution is -2.11. The van der Waals surface area contributed by atoms with Crippen molar-refractivity contribution >= 4 is 17.2 Å². The molecule has 0 atom stereocenters. The number of aromatic amines is 1. The van der Waals surface area contributed by atoms with E-state index in [4.69, 9.17) is 5.73 Å². The number of H-pyrrole nitrogens is 1. The molecule has 0 radical (unpaired) electrons. The molecule has 72 valence electrons. The molecule has 0 aliphatic carbocycles. The van der Waals surface area contributed by atoms with Crippen molar-refractivity contribution in [3.63, 3.8) is 0 Å². The summed E-state index contributed by atoms with van der Waals surface area (Å²) in [6.07, 6.45) is 3.47. The fraction of sp³-hybridized carbons (Fsp3) is 0.111. The molecule has 0 amide bonds. The van der Waals surface area contributed by atoms with E-state index in [2.05, 4.69) is 15.0 Å². The standard InChI is InChI=1S/C9H10N4S/c10-9(7-2-1-5-14-7)13-6-8-11-3-4-12-8/h1-5H,6H2,(H2,10,13)(H,11,12). The third-order valence-electron chi connectivity index (χ3n) is 1.73. The number of rotatable bonds is 3. The van der Waals surface area contributed by atoms with Crippen LogP contribution in [-0.2, 0) is 6.54 Å². The van der Waals surface area contributed by atoms with Crippen LogP contribution in [0.2, 0.25) is 0 Å². The van der Waals surface area contributed by atoms with E-state index < -0.39 is 0 Å².